The molecule has 2 aromatic rings. The summed E-state index contributed by atoms with van der Waals surface area (Å²) in [4.78, 5) is 20.4. The van der Waals surface area contributed by atoms with Crippen LogP contribution < -0.4 is 24.4 Å². The van der Waals surface area contributed by atoms with E-state index in [0.717, 1.165) is 16.8 Å². The van der Waals surface area contributed by atoms with Crippen LogP contribution in [0.3, 0.4) is 0 Å². The number of carbonyl (C=O) groups is 1. The van der Waals surface area contributed by atoms with Crippen molar-refractivity contribution in [3.63, 3.8) is 0 Å². The molecule has 1 N–H and O–H groups in total. The normalized spacial score (nSPS) is 24.4. The minimum absolute atomic E-state index is 0.0661. The summed E-state index contributed by atoms with van der Waals surface area (Å²) in [6, 6.07) is 11.5. The zero-order valence-corrected chi connectivity index (χ0v) is 18.3. The van der Waals surface area contributed by atoms with Crippen LogP contribution in [0.4, 0.5) is 5.69 Å². The molecule has 2 aromatic carbocycles. The first-order valence-electron chi connectivity index (χ1n) is 10.8. The lowest BCUT2D eigenvalue weighted by molar-refractivity contribution is -0.122. The van der Waals surface area contributed by atoms with E-state index in [1.807, 2.05) is 36.4 Å². The van der Waals surface area contributed by atoms with Gasteiger partial charge in [0.2, 0.25) is 11.8 Å². The summed E-state index contributed by atoms with van der Waals surface area (Å²) >= 11 is 0. The van der Waals surface area contributed by atoms with Crippen LogP contribution in [-0.4, -0.2) is 58.6 Å². The van der Waals surface area contributed by atoms with Gasteiger partial charge in [0, 0.05) is 17.3 Å². The molecular weight excluding hydrogens is 426 g/mol. The third-order valence-corrected chi connectivity index (χ3v) is 6.44. The van der Waals surface area contributed by atoms with E-state index in [1.165, 1.54) is 0 Å². The second kappa shape index (κ2) is 7.33. The number of nitrogens with zero attached hydrogens (tertiary/aromatic N) is 2. The van der Waals surface area contributed by atoms with Gasteiger partial charge in [0.25, 0.3) is 0 Å². The lowest BCUT2D eigenvalue weighted by Gasteiger charge is -2.28. The number of nitrogens with one attached hydrogen (secondary N) is 1. The number of fused-ring (bicyclic) bond motifs is 5. The molecule has 6 rings (SSSR count). The summed E-state index contributed by atoms with van der Waals surface area (Å²) in [6.07, 6.45) is 1.23. The second-order valence-corrected chi connectivity index (χ2v) is 8.16. The molecule has 0 bridgehead atoms. The largest absolute Gasteiger partial charge is 0.491 e. The average Bonchev–Trinajstić information content (AvgIpc) is 3.34. The molecule has 4 heterocycles. The molecule has 0 aromatic heterocycles. The Kier molecular flexibility index (Phi) is 4.39. The average molecular weight is 449 g/mol. The highest BCUT2D eigenvalue weighted by molar-refractivity contribution is 6.11. The van der Waals surface area contributed by atoms with E-state index in [4.69, 9.17) is 23.7 Å². The van der Waals surface area contributed by atoms with E-state index < -0.39 is 11.6 Å². The molecule has 170 valence electrons. The standard InChI is InChI=1S/C24H23N3O6/c1-29-21-11-22(30-2)26-20(25-21)12-27-16-6-4-3-5-14(16)24(23(27)28)13-33-17-10-19-18(9-15(17)24)31-7-8-32-19/h3-6,9-11,20,25H,7-8,12-13H2,1-2H3. The number of benzene rings is 2. The maximum Gasteiger partial charge on any atom is 0.246 e. The molecule has 4 aliphatic heterocycles. The first kappa shape index (κ1) is 19.8. The van der Waals surface area contributed by atoms with Crippen molar-refractivity contribution in [1.82, 2.24) is 5.32 Å². The molecule has 4 aliphatic rings. The molecule has 2 unspecified atom stereocenters. The van der Waals surface area contributed by atoms with Crippen molar-refractivity contribution >= 4 is 17.5 Å². The van der Waals surface area contributed by atoms with Gasteiger partial charge in [-0.1, -0.05) is 18.2 Å². The predicted molar refractivity (Wildman–Crippen MR) is 119 cm³/mol. The number of amides is 1. The number of hydrogen-bond donors (Lipinski definition) is 1. The van der Waals surface area contributed by atoms with Crippen molar-refractivity contribution in [2.45, 2.75) is 11.6 Å². The van der Waals surface area contributed by atoms with Crippen LogP contribution in [-0.2, 0) is 19.7 Å². The molecule has 9 nitrogen and oxygen atoms in total. The van der Waals surface area contributed by atoms with Crippen molar-refractivity contribution in [3.8, 4) is 17.2 Å². The fourth-order valence-corrected chi connectivity index (χ4v) is 4.92. The number of hydrogen-bond acceptors (Lipinski definition) is 8. The van der Waals surface area contributed by atoms with E-state index in [9.17, 15) is 4.79 Å². The van der Waals surface area contributed by atoms with E-state index in [0.29, 0.717) is 48.8 Å². The lowest BCUT2D eigenvalue weighted by Crippen LogP contribution is -2.48. The van der Waals surface area contributed by atoms with Crippen LogP contribution in [0.15, 0.2) is 53.3 Å². The van der Waals surface area contributed by atoms with Crippen molar-refractivity contribution < 1.29 is 28.5 Å². The number of rotatable bonds is 3. The number of methoxy groups -OCH3 is 2. The Morgan fingerprint density at radius 3 is 2.64 bits per heavy atom. The van der Waals surface area contributed by atoms with Gasteiger partial charge in [0.1, 0.15) is 37.2 Å². The van der Waals surface area contributed by atoms with Crippen LogP contribution >= 0.6 is 0 Å². The zero-order valence-electron chi connectivity index (χ0n) is 18.3. The molecular formula is C24H23N3O6. The molecule has 33 heavy (non-hydrogen) atoms. The van der Waals surface area contributed by atoms with Crippen LogP contribution in [0.2, 0.25) is 0 Å². The molecule has 0 fully saturated rings. The molecule has 1 spiro atoms. The third-order valence-electron chi connectivity index (χ3n) is 6.44. The Labute approximate surface area is 190 Å². The Bertz CT molecular complexity index is 1210. The summed E-state index contributed by atoms with van der Waals surface area (Å²) < 4.78 is 28.2. The molecule has 0 radical (unpaired) electrons. The summed E-state index contributed by atoms with van der Waals surface area (Å²) in [5.74, 6) is 2.81. The topological polar surface area (TPSA) is 90.9 Å². The van der Waals surface area contributed by atoms with Crippen molar-refractivity contribution in [2.24, 2.45) is 4.99 Å². The minimum atomic E-state index is -0.954. The maximum atomic E-state index is 14.1. The summed E-state index contributed by atoms with van der Waals surface area (Å²) in [7, 11) is 3.12. The number of para-hydroxylation sites is 1. The summed E-state index contributed by atoms with van der Waals surface area (Å²) in [6.45, 7) is 1.47. The lowest BCUT2D eigenvalue weighted by atomic mass is 9.77. The van der Waals surface area contributed by atoms with Gasteiger partial charge in [-0.25, -0.2) is 4.99 Å². The van der Waals surface area contributed by atoms with Crippen molar-refractivity contribution in [2.75, 3.05) is 45.5 Å². The van der Waals surface area contributed by atoms with Gasteiger partial charge in [-0.15, -0.1) is 0 Å². The molecule has 2 atom stereocenters. The summed E-state index contributed by atoms with van der Waals surface area (Å²) in [5.41, 5.74) is 1.57. The van der Waals surface area contributed by atoms with Crippen LogP contribution in [0, 0.1) is 0 Å². The smallest absolute Gasteiger partial charge is 0.246 e. The Hall–Kier alpha value is -3.88. The van der Waals surface area contributed by atoms with Crippen LogP contribution in [0.1, 0.15) is 11.1 Å². The highest BCUT2D eigenvalue weighted by atomic mass is 16.6. The van der Waals surface area contributed by atoms with Gasteiger partial charge in [-0.2, -0.15) is 0 Å². The van der Waals surface area contributed by atoms with E-state index in [1.54, 1.807) is 25.2 Å². The number of aliphatic imine (C=N–C) groups is 1. The zero-order chi connectivity index (χ0) is 22.6. The van der Waals surface area contributed by atoms with Gasteiger partial charge >= 0.3 is 0 Å². The van der Waals surface area contributed by atoms with Gasteiger partial charge in [-0.05, 0) is 17.7 Å². The monoisotopic (exact) mass is 449 g/mol. The third kappa shape index (κ3) is 2.84. The molecule has 0 saturated heterocycles. The number of ether oxygens (including phenoxy) is 5. The minimum Gasteiger partial charge on any atom is -0.491 e. The van der Waals surface area contributed by atoms with E-state index in [-0.39, 0.29) is 12.5 Å². The number of anilines is 1. The highest BCUT2D eigenvalue weighted by Gasteiger charge is 2.57. The molecule has 0 saturated carbocycles. The highest BCUT2D eigenvalue weighted by Crippen LogP contribution is 2.54. The fourth-order valence-electron chi connectivity index (χ4n) is 4.92. The summed E-state index contributed by atoms with van der Waals surface area (Å²) in [5, 5.41) is 3.19. The van der Waals surface area contributed by atoms with Crippen molar-refractivity contribution in [3.05, 3.63) is 59.5 Å². The molecule has 0 aliphatic carbocycles. The number of carbonyl (C=O) groups excluding carboxylic acids is 1. The van der Waals surface area contributed by atoms with Gasteiger partial charge < -0.3 is 33.9 Å². The quantitative estimate of drug-likeness (QED) is 0.766. The Balaban J connectivity index is 1.41. The van der Waals surface area contributed by atoms with Crippen LogP contribution in [0.25, 0.3) is 0 Å². The molecule has 9 heteroatoms. The van der Waals surface area contributed by atoms with Crippen LogP contribution in [0.5, 0.6) is 17.2 Å². The van der Waals surface area contributed by atoms with Crippen molar-refractivity contribution in [1.29, 1.82) is 0 Å². The van der Waals surface area contributed by atoms with E-state index in [2.05, 4.69) is 10.3 Å². The predicted octanol–water partition coefficient (Wildman–Crippen LogP) is 1.94. The SMILES string of the molecule is COC1=CC(OC)=NC(CN2C(=O)C3(COc4cc5c(cc43)OCCO5)c3ccccc32)N1. The van der Waals surface area contributed by atoms with E-state index >= 15 is 0 Å². The fraction of sp³-hybridized carbons (Fsp3) is 0.333. The molecule has 1 amide bonds. The second-order valence-electron chi connectivity index (χ2n) is 8.16. The Morgan fingerprint density at radius 1 is 1.06 bits per heavy atom. The Morgan fingerprint density at radius 2 is 1.85 bits per heavy atom. The van der Waals surface area contributed by atoms with Gasteiger partial charge in [0.15, 0.2) is 17.4 Å². The van der Waals surface area contributed by atoms with Gasteiger partial charge in [-0.3, -0.25) is 4.79 Å². The maximum absolute atomic E-state index is 14.1. The first-order chi connectivity index (χ1) is 16.1. The first-order valence-corrected chi connectivity index (χ1v) is 10.8. The van der Waals surface area contributed by atoms with Gasteiger partial charge in [0.05, 0.1) is 26.8 Å².